The number of aryl methyl sites for hydroxylation is 1. The Kier molecular flexibility index (Phi) is 8.24. The second-order valence-corrected chi connectivity index (χ2v) is 8.05. The van der Waals surface area contributed by atoms with Gasteiger partial charge >= 0.3 is 5.97 Å². The van der Waals surface area contributed by atoms with E-state index in [1.165, 1.54) is 0 Å². The van der Waals surface area contributed by atoms with Gasteiger partial charge in [0.1, 0.15) is 17.6 Å². The molecule has 0 saturated carbocycles. The summed E-state index contributed by atoms with van der Waals surface area (Å²) < 4.78 is 11.7. The number of hydrogen-bond acceptors (Lipinski definition) is 4. The molecule has 3 rings (SSSR count). The zero-order valence-corrected chi connectivity index (χ0v) is 18.9. The number of furan rings is 1. The molecule has 6 heteroatoms. The van der Waals surface area contributed by atoms with Gasteiger partial charge in [-0.15, -0.1) is 0 Å². The van der Waals surface area contributed by atoms with Gasteiger partial charge in [0.15, 0.2) is 0 Å². The van der Waals surface area contributed by atoms with Crippen molar-refractivity contribution in [1.82, 2.24) is 0 Å². The van der Waals surface area contributed by atoms with Crippen LogP contribution in [0.1, 0.15) is 49.8 Å². The first-order chi connectivity index (χ1) is 15.0. The lowest BCUT2D eigenvalue weighted by atomic mass is 9.98. The molecule has 0 atom stereocenters. The summed E-state index contributed by atoms with van der Waals surface area (Å²) in [5, 5.41) is 14.2. The SMILES string of the molecule is CCCc1c(CC(=O)O)cccc1NCCCOc1ccc2c(Cl)coc2c1CCC. The second kappa shape index (κ2) is 11.1. The van der Waals surface area contributed by atoms with Crippen LogP contribution in [0.2, 0.25) is 5.02 Å². The van der Waals surface area contributed by atoms with Crippen LogP contribution in [-0.4, -0.2) is 24.2 Å². The van der Waals surface area contributed by atoms with Crippen LogP contribution in [0.4, 0.5) is 5.69 Å². The summed E-state index contributed by atoms with van der Waals surface area (Å²) in [6, 6.07) is 9.75. The average molecular weight is 444 g/mol. The van der Waals surface area contributed by atoms with Crippen LogP contribution < -0.4 is 10.1 Å². The molecule has 1 heterocycles. The fourth-order valence-electron chi connectivity index (χ4n) is 3.88. The molecule has 0 radical (unpaired) electrons. The van der Waals surface area contributed by atoms with Crippen LogP contribution in [0.3, 0.4) is 0 Å². The molecule has 2 aromatic carbocycles. The van der Waals surface area contributed by atoms with Crippen molar-refractivity contribution in [2.75, 3.05) is 18.5 Å². The van der Waals surface area contributed by atoms with Crippen LogP contribution in [0, 0.1) is 0 Å². The largest absolute Gasteiger partial charge is 0.493 e. The molecule has 2 N–H and O–H groups in total. The Morgan fingerprint density at radius 2 is 1.90 bits per heavy atom. The highest BCUT2D eigenvalue weighted by atomic mass is 35.5. The minimum Gasteiger partial charge on any atom is -0.493 e. The number of carboxylic acid groups (broad SMARTS) is 1. The summed E-state index contributed by atoms with van der Waals surface area (Å²) in [6.45, 7) is 5.54. The minimum absolute atomic E-state index is 0.0491. The minimum atomic E-state index is -0.805. The Hall–Kier alpha value is -2.66. The van der Waals surface area contributed by atoms with Crippen molar-refractivity contribution in [2.45, 2.75) is 52.4 Å². The highest BCUT2D eigenvalue weighted by molar-refractivity contribution is 6.35. The van der Waals surface area contributed by atoms with Crippen LogP contribution >= 0.6 is 11.6 Å². The second-order valence-electron chi connectivity index (χ2n) is 7.65. The van der Waals surface area contributed by atoms with Gasteiger partial charge in [-0.25, -0.2) is 0 Å². The first-order valence-corrected chi connectivity index (χ1v) is 11.3. The standard InChI is InChI=1S/C25H30ClNO4/c1-3-7-18-17(15-24(28)29)9-5-10-22(18)27-13-6-14-30-23-12-11-19-21(26)16-31-25(19)20(23)8-4-2/h5,9-12,16,27H,3-4,6-8,13-15H2,1-2H3,(H,28,29). The monoisotopic (exact) mass is 443 g/mol. The van der Waals surface area contributed by atoms with Crippen LogP contribution in [0.5, 0.6) is 5.75 Å². The summed E-state index contributed by atoms with van der Waals surface area (Å²) in [4.78, 5) is 11.2. The quantitative estimate of drug-likeness (QED) is 0.312. The van der Waals surface area contributed by atoms with E-state index in [9.17, 15) is 9.90 Å². The molecule has 0 amide bonds. The summed E-state index contributed by atoms with van der Waals surface area (Å²) in [5.74, 6) is 0.0381. The number of anilines is 1. The average Bonchev–Trinajstić information content (AvgIpc) is 3.12. The third-order valence-electron chi connectivity index (χ3n) is 5.26. The van der Waals surface area contributed by atoms with E-state index >= 15 is 0 Å². The number of carbonyl (C=O) groups is 1. The lowest BCUT2D eigenvalue weighted by Crippen LogP contribution is -2.11. The highest BCUT2D eigenvalue weighted by Gasteiger charge is 2.14. The first-order valence-electron chi connectivity index (χ1n) is 10.9. The molecule has 0 fully saturated rings. The maximum atomic E-state index is 11.2. The number of fused-ring (bicyclic) bond motifs is 1. The summed E-state index contributed by atoms with van der Waals surface area (Å²) in [6.07, 6.45) is 6.12. The van der Waals surface area contributed by atoms with E-state index in [4.69, 9.17) is 20.8 Å². The Labute approximate surface area is 188 Å². The fraction of sp³-hybridized carbons (Fsp3) is 0.400. The third-order valence-corrected chi connectivity index (χ3v) is 5.56. The van der Waals surface area contributed by atoms with Gasteiger partial charge < -0.3 is 19.6 Å². The molecule has 5 nitrogen and oxygen atoms in total. The first kappa shape index (κ1) is 23.0. The Bertz CT molecular complexity index is 1030. The number of aliphatic carboxylic acids is 1. The van der Waals surface area contributed by atoms with Crippen LogP contribution in [-0.2, 0) is 24.1 Å². The number of nitrogens with one attached hydrogen (secondary N) is 1. The molecule has 0 unspecified atom stereocenters. The van der Waals surface area contributed by atoms with Gasteiger partial charge in [-0.2, -0.15) is 0 Å². The van der Waals surface area contributed by atoms with E-state index in [1.807, 2.05) is 30.3 Å². The van der Waals surface area contributed by atoms with Gasteiger partial charge in [0.05, 0.1) is 18.1 Å². The predicted molar refractivity (Wildman–Crippen MR) is 126 cm³/mol. The number of benzene rings is 2. The van der Waals surface area contributed by atoms with Gasteiger partial charge in [0.25, 0.3) is 0 Å². The van der Waals surface area contributed by atoms with E-state index < -0.39 is 5.97 Å². The van der Waals surface area contributed by atoms with Crippen molar-refractivity contribution in [2.24, 2.45) is 0 Å². The van der Waals surface area contributed by atoms with Crippen LogP contribution in [0.15, 0.2) is 41.0 Å². The predicted octanol–water partition coefficient (Wildman–Crippen LogP) is 6.50. The van der Waals surface area contributed by atoms with Crippen molar-refractivity contribution in [3.8, 4) is 5.75 Å². The Morgan fingerprint density at radius 3 is 2.65 bits per heavy atom. The summed E-state index contributed by atoms with van der Waals surface area (Å²) in [7, 11) is 0. The fourth-order valence-corrected chi connectivity index (χ4v) is 4.07. The number of hydrogen-bond donors (Lipinski definition) is 2. The molecule has 0 aliphatic rings. The van der Waals surface area contributed by atoms with E-state index in [0.717, 1.165) is 77.7 Å². The Balaban J connectivity index is 1.61. The number of rotatable bonds is 12. The number of halogens is 1. The smallest absolute Gasteiger partial charge is 0.307 e. The van der Waals surface area contributed by atoms with Crippen molar-refractivity contribution >= 4 is 34.2 Å². The molecule has 0 saturated heterocycles. The van der Waals surface area contributed by atoms with Crippen LogP contribution in [0.25, 0.3) is 11.0 Å². The zero-order valence-electron chi connectivity index (χ0n) is 18.2. The third kappa shape index (κ3) is 5.73. The molecular formula is C25H30ClNO4. The van der Waals surface area contributed by atoms with Crippen molar-refractivity contribution in [3.05, 3.63) is 58.3 Å². The maximum Gasteiger partial charge on any atom is 0.307 e. The van der Waals surface area contributed by atoms with Gasteiger partial charge in [0.2, 0.25) is 0 Å². The van der Waals surface area contributed by atoms with Crippen molar-refractivity contribution in [1.29, 1.82) is 0 Å². The number of carboxylic acids is 1. The van der Waals surface area contributed by atoms with Crippen molar-refractivity contribution < 1.29 is 19.1 Å². The maximum absolute atomic E-state index is 11.2. The number of ether oxygens (including phenoxy) is 1. The van der Waals surface area contributed by atoms with Gasteiger partial charge in [-0.05, 0) is 48.6 Å². The molecule has 31 heavy (non-hydrogen) atoms. The molecule has 0 aliphatic heterocycles. The molecule has 1 aromatic heterocycles. The lowest BCUT2D eigenvalue weighted by Gasteiger charge is -2.16. The van der Waals surface area contributed by atoms with E-state index in [1.54, 1.807) is 6.26 Å². The van der Waals surface area contributed by atoms with Gasteiger partial charge in [0, 0.05) is 23.2 Å². The molecule has 166 valence electrons. The summed E-state index contributed by atoms with van der Waals surface area (Å²) >= 11 is 6.20. The molecule has 3 aromatic rings. The molecule has 0 bridgehead atoms. The van der Waals surface area contributed by atoms with Crippen molar-refractivity contribution in [3.63, 3.8) is 0 Å². The molecule has 0 spiro atoms. The normalized spacial score (nSPS) is 11.1. The highest BCUT2D eigenvalue weighted by Crippen LogP contribution is 2.34. The molecular weight excluding hydrogens is 414 g/mol. The van der Waals surface area contributed by atoms with E-state index in [-0.39, 0.29) is 6.42 Å². The van der Waals surface area contributed by atoms with E-state index in [0.29, 0.717) is 11.6 Å². The Morgan fingerprint density at radius 1 is 1.13 bits per heavy atom. The van der Waals surface area contributed by atoms with Gasteiger partial charge in [-0.1, -0.05) is 50.4 Å². The topological polar surface area (TPSA) is 71.7 Å². The lowest BCUT2D eigenvalue weighted by molar-refractivity contribution is -0.136. The molecule has 0 aliphatic carbocycles. The van der Waals surface area contributed by atoms with E-state index in [2.05, 4.69) is 19.2 Å². The zero-order chi connectivity index (χ0) is 22.2. The summed E-state index contributed by atoms with van der Waals surface area (Å²) in [5.41, 5.74) is 4.86. The van der Waals surface area contributed by atoms with Gasteiger partial charge in [-0.3, -0.25) is 4.79 Å².